The molecule has 0 radical (unpaired) electrons. The second kappa shape index (κ2) is 9.61. The molecule has 7 nitrogen and oxygen atoms in total. The number of alkyl halides is 2. The second-order valence-electron chi connectivity index (χ2n) is 8.73. The van der Waals surface area contributed by atoms with Gasteiger partial charge in [0, 0.05) is 36.5 Å². The van der Waals surface area contributed by atoms with E-state index in [0.29, 0.717) is 45.4 Å². The predicted molar refractivity (Wildman–Crippen MR) is 121 cm³/mol. The average molecular weight is 459 g/mol. The Morgan fingerprint density at radius 3 is 2.70 bits per heavy atom. The lowest BCUT2D eigenvalue weighted by molar-refractivity contribution is -0.171. The van der Waals surface area contributed by atoms with Crippen molar-refractivity contribution in [3.05, 3.63) is 42.1 Å². The molecule has 3 aliphatic rings. The zero-order chi connectivity index (χ0) is 22.8. The molecule has 0 atom stereocenters. The summed E-state index contributed by atoms with van der Waals surface area (Å²) in [4.78, 5) is 22.3. The summed E-state index contributed by atoms with van der Waals surface area (Å²) < 4.78 is 35.3. The minimum atomic E-state index is -2.77. The van der Waals surface area contributed by atoms with Crippen molar-refractivity contribution in [3.8, 4) is 0 Å². The molecule has 2 fully saturated rings. The Labute approximate surface area is 191 Å². The molecule has 33 heavy (non-hydrogen) atoms. The van der Waals surface area contributed by atoms with Crippen LogP contribution in [-0.4, -0.2) is 49.9 Å². The van der Waals surface area contributed by atoms with E-state index in [4.69, 9.17) is 4.74 Å². The van der Waals surface area contributed by atoms with E-state index in [1.54, 1.807) is 6.20 Å². The Morgan fingerprint density at radius 1 is 1.15 bits per heavy atom. The van der Waals surface area contributed by atoms with Gasteiger partial charge >= 0.3 is 6.61 Å². The highest BCUT2D eigenvalue weighted by molar-refractivity contribution is 6.00. The van der Waals surface area contributed by atoms with Crippen molar-refractivity contribution in [3.63, 3.8) is 0 Å². The molecule has 1 saturated heterocycles. The fourth-order valence-electron chi connectivity index (χ4n) is 4.94. The first-order chi connectivity index (χ1) is 16.1. The maximum atomic E-state index is 13.8. The smallest absolute Gasteiger partial charge is 0.345 e. The van der Waals surface area contributed by atoms with Gasteiger partial charge in [0.15, 0.2) is 0 Å². The fourth-order valence-corrected chi connectivity index (χ4v) is 4.94. The summed E-state index contributed by atoms with van der Waals surface area (Å²) in [6.45, 7) is 0.594. The van der Waals surface area contributed by atoms with Gasteiger partial charge < -0.3 is 24.6 Å². The van der Waals surface area contributed by atoms with Crippen LogP contribution in [0, 0.1) is 5.92 Å². The van der Waals surface area contributed by atoms with Crippen molar-refractivity contribution in [2.75, 3.05) is 41.4 Å². The maximum absolute atomic E-state index is 13.8. The molecule has 3 heterocycles. The highest BCUT2D eigenvalue weighted by atomic mass is 19.3. The number of rotatable bonds is 4. The van der Waals surface area contributed by atoms with Gasteiger partial charge in [-0.3, -0.25) is 4.79 Å². The molecule has 1 aliphatic carbocycles. The predicted octanol–water partition coefficient (Wildman–Crippen LogP) is 4.31. The van der Waals surface area contributed by atoms with Gasteiger partial charge in [0.2, 0.25) is 5.91 Å². The normalized spacial score (nSPS) is 22.9. The summed E-state index contributed by atoms with van der Waals surface area (Å²) in [6, 6.07) is 9.95. The van der Waals surface area contributed by atoms with E-state index >= 15 is 0 Å². The minimum Gasteiger partial charge on any atom is -0.378 e. The van der Waals surface area contributed by atoms with Gasteiger partial charge in [-0.15, -0.1) is 0 Å². The lowest BCUT2D eigenvalue weighted by Crippen LogP contribution is -2.39. The Balaban J connectivity index is 1.43. The van der Waals surface area contributed by atoms with Gasteiger partial charge in [-0.05, 0) is 49.9 Å². The van der Waals surface area contributed by atoms with Crippen LogP contribution in [0.25, 0.3) is 0 Å². The molecule has 2 aliphatic heterocycles. The van der Waals surface area contributed by atoms with E-state index < -0.39 is 12.7 Å². The van der Waals surface area contributed by atoms with E-state index in [1.165, 1.54) is 0 Å². The number of hydrogen-bond donors (Lipinski definition) is 1. The first-order valence-corrected chi connectivity index (χ1v) is 11.5. The number of amides is 1. The highest BCUT2D eigenvalue weighted by Crippen LogP contribution is 2.40. The van der Waals surface area contributed by atoms with Crippen molar-refractivity contribution < 1.29 is 23.0 Å². The number of anilines is 4. The summed E-state index contributed by atoms with van der Waals surface area (Å²) in [6.07, 6.45) is 3.26. The van der Waals surface area contributed by atoms with Crippen LogP contribution >= 0.6 is 0 Å². The number of hydrogen-bond acceptors (Lipinski definition) is 6. The number of halogens is 2. The van der Waals surface area contributed by atoms with Crippen LogP contribution in [0.4, 0.5) is 31.7 Å². The first-order valence-electron chi connectivity index (χ1n) is 11.5. The van der Waals surface area contributed by atoms with Crippen molar-refractivity contribution >= 4 is 28.8 Å². The number of carbonyl (C=O) groups excluding carboxylic acids is 1. The molecule has 2 aromatic rings. The van der Waals surface area contributed by atoms with Crippen LogP contribution in [0.3, 0.4) is 0 Å². The van der Waals surface area contributed by atoms with E-state index in [9.17, 15) is 13.6 Å². The monoisotopic (exact) mass is 458 g/mol. The van der Waals surface area contributed by atoms with Gasteiger partial charge in [-0.1, -0.05) is 6.07 Å². The number of ether oxygens (including phenoxy) is 2. The Morgan fingerprint density at radius 2 is 1.94 bits per heavy atom. The Kier molecular flexibility index (Phi) is 6.41. The quantitative estimate of drug-likeness (QED) is 0.737. The molecule has 1 aromatic heterocycles. The summed E-state index contributed by atoms with van der Waals surface area (Å²) in [5.41, 5.74) is 3.62. The van der Waals surface area contributed by atoms with Gasteiger partial charge in [0.05, 0.1) is 37.2 Å². The molecule has 5 rings (SSSR count). The zero-order valence-corrected chi connectivity index (χ0v) is 18.4. The molecular weight excluding hydrogens is 430 g/mol. The summed E-state index contributed by atoms with van der Waals surface area (Å²) in [5, 5.41) is 3.40. The third-order valence-corrected chi connectivity index (χ3v) is 6.71. The molecule has 0 bridgehead atoms. The molecular formula is C24H28F2N4O3. The molecule has 176 valence electrons. The van der Waals surface area contributed by atoms with Crippen LogP contribution < -0.4 is 15.1 Å². The standard InChI is InChI=1S/C24H28F2N4O3/c25-24(26)33-19-6-3-16(4-7-19)23(31)30-15-17-2-1-9-27-22(17)28-20-8-5-18(14-21(20)30)29-10-12-32-13-11-29/h1-2,5,8-9,14,16,19,24H,3-4,6-7,10-13,15H2,(H,27,28)/t16-,19-. The number of aromatic nitrogens is 1. The van der Waals surface area contributed by atoms with Crippen molar-refractivity contribution in [2.45, 2.75) is 44.9 Å². The topological polar surface area (TPSA) is 66.9 Å². The largest absolute Gasteiger partial charge is 0.378 e. The zero-order valence-electron chi connectivity index (χ0n) is 18.4. The number of pyridine rings is 1. The van der Waals surface area contributed by atoms with Crippen LogP contribution in [-0.2, 0) is 20.8 Å². The summed E-state index contributed by atoms with van der Waals surface area (Å²) in [5.74, 6) is 0.534. The van der Waals surface area contributed by atoms with E-state index in [-0.39, 0.29) is 11.8 Å². The summed E-state index contributed by atoms with van der Waals surface area (Å²) >= 11 is 0. The van der Waals surface area contributed by atoms with E-state index in [2.05, 4.69) is 32.1 Å². The fraction of sp³-hybridized carbons (Fsp3) is 0.500. The highest BCUT2D eigenvalue weighted by Gasteiger charge is 2.34. The number of carbonyl (C=O) groups is 1. The van der Waals surface area contributed by atoms with Gasteiger partial charge in [-0.25, -0.2) is 4.98 Å². The first kappa shape index (κ1) is 22.0. The number of morpholine rings is 1. The second-order valence-corrected chi connectivity index (χ2v) is 8.73. The van der Waals surface area contributed by atoms with Crippen molar-refractivity contribution in [1.29, 1.82) is 0 Å². The lowest BCUT2D eigenvalue weighted by atomic mass is 9.86. The molecule has 0 spiro atoms. The number of fused-ring (bicyclic) bond motifs is 2. The third kappa shape index (κ3) is 4.79. The van der Waals surface area contributed by atoms with E-state index in [0.717, 1.165) is 41.5 Å². The molecule has 1 N–H and O–H groups in total. The van der Waals surface area contributed by atoms with Crippen LogP contribution in [0.5, 0.6) is 0 Å². The third-order valence-electron chi connectivity index (χ3n) is 6.71. The number of nitrogens with one attached hydrogen (secondary N) is 1. The maximum Gasteiger partial charge on any atom is 0.345 e. The molecule has 1 amide bonds. The van der Waals surface area contributed by atoms with E-state index in [1.807, 2.05) is 23.1 Å². The van der Waals surface area contributed by atoms with Crippen LogP contribution in [0.1, 0.15) is 31.2 Å². The minimum absolute atomic E-state index is 0.0179. The molecule has 0 unspecified atom stereocenters. The van der Waals surface area contributed by atoms with Gasteiger partial charge in [0.25, 0.3) is 0 Å². The molecule has 1 saturated carbocycles. The Bertz CT molecular complexity index is 991. The molecule has 1 aromatic carbocycles. The number of benzene rings is 1. The average Bonchev–Trinajstić information content (AvgIpc) is 3.00. The van der Waals surface area contributed by atoms with Crippen LogP contribution in [0.15, 0.2) is 36.5 Å². The van der Waals surface area contributed by atoms with Crippen molar-refractivity contribution in [2.24, 2.45) is 5.92 Å². The van der Waals surface area contributed by atoms with Crippen molar-refractivity contribution in [1.82, 2.24) is 4.98 Å². The lowest BCUT2D eigenvalue weighted by Gasteiger charge is -2.33. The molecule has 9 heteroatoms. The summed E-state index contributed by atoms with van der Waals surface area (Å²) in [7, 11) is 0. The van der Waals surface area contributed by atoms with Gasteiger partial charge in [-0.2, -0.15) is 8.78 Å². The SMILES string of the molecule is O=C([C@H]1CC[C@H](OC(F)F)CC1)N1Cc2cccnc2Nc2ccc(N3CCOCC3)cc21. The number of nitrogens with zero attached hydrogens (tertiary/aromatic N) is 3. The van der Waals surface area contributed by atoms with Crippen LogP contribution in [0.2, 0.25) is 0 Å². The Hall–Kier alpha value is -2.78. The van der Waals surface area contributed by atoms with Gasteiger partial charge in [0.1, 0.15) is 5.82 Å².